The Morgan fingerprint density at radius 2 is 0.966 bits per heavy atom. The van der Waals surface area contributed by atoms with Crippen LogP contribution in [0.2, 0.25) is 0 Å². The zero-order valence-corrected chi connectivity index (χ0v) is 31.9. The van der Waals surface area contributed by atoms with Crippen LogP contribution in [-0.4, -0.2) is 14.0 Å². The Morgan fingerprint density at radius 3 is 1.85 bits per heavy atom. The molecule has 0 bridgehead atoms. The normalized spacial score (nSPS) is 15.2. The van der Waals surface area contributed by atoms with Crippen molar-refractivity contribution < 1.29 is 0 Å². The first-order valence-electron chi connectivity index (χ1n) is 20.5. The molecule has 1 spiro atoms. The summed E-state index contributed by atoms with van der Waals surface area (Å²) in [4.78, 5) is 5.19. The van der Waals surface area contributed by atoms with Crippen molar-refractivity contribution in [1.29, 1.82) is 0 Å². The SMILES string of the molecule is c1cc(-c2ccc3c(c2)-c2ccccc2C32c3ccccc3-n3c4ccccc4c4cccc2c43)cc(-c2ccc3c4ccccc4n4c5ccccc5nc4c3c2)c1. The summed E-state index contributed by atoms with van der Waals surface area (Å²) in [5.41, 5.74) is 20.4. The number of aromatic nitrogens is 3. The van der Waals surface area contributed by atoms with Gasteiger partial charge in [-0.2, -0.15) is 0 Å². The molecule has 3 aromatic heterocycles. The number of imidazole rings is 1. The molecule has 3 nitrogen and oxygen atoms in total. The van der Waals surface area contributed by atoms with Crippen LogP contribution in [0.1, 0.15) is 22.3 Å². The maximum Gasteiger partial charge on any atom is 0.146 e. The second-order valence-electron chi connectivity index (χ2n) is 16.2. The smallest absolute Gasteiger partial charge is 0.146 e. The largest absolute Gasteiger partial charge is 0.309 e. The molecule has 0 fully saturated rings. The van der Waals surface area contributed by atoms with E-state index in [1.165, 1.54) is 99.4 Å². The van der Waals surface area contributed by atoms with Crippen molar-refractivity contribution in [2.75, 3.05) is 0 Å². The van der Waals surface area contributed by atoms with Crippen LogP contribution < -0.4 is 0 Å². The average molecular weight is 748 g/mol. The van der Waals surface area contributed by atoms with Gasteiger partial charge in [0.15, 0.2) is 0 Å². The van der Waals surface area contributed by atoms with Crippen LogP contribution in [0.15, 0.2) is 200 Å². The van der Waals surface area contributed by atoms with Gasteiger partial charge in [-0.15, -0.1) is 0 Å². The van der Waals surface area contributed by atoms with Gasteiger partial charge in [-0.1, -0.05) is 152 Å². The fourth-order valence-corrected chi connectivity index (χ4v) is 11.1. The van der Waals surface area contributed by atoms with E-state index in [9.17, 15) is 0 Å². The molecule has 9 aromatic carbocycles. The molecular formula is C56H33N3. The topological polar surface area (TPSA) is 22.2 Å². The summed E-state index contributed by atoms with van der Waals surface area (Å²) in [7, 11) is 0. The standard InChI is InChI=1S/C56H33N3/c1-4-19-45-39(15-1)43-32-37(28-30-46(43)56(45)47-20-5-9-25-52(47)58-50-23-7-3-17-41(50)42-18-12-21-48(56)54(42)58)35-14-11-13-34(31-35)36-27-29-38-40-16-2-8-24-51(40)59-53-26-10-6-22-49(53)57-55(59)44(38)33-36/h1-33H. The molecule has 1 unspecified atom stereocenters. The predicted molar refractivity (Wildman–Crippen MR) is 244 cm³/mol. The van der Waals surface area contributed by atoms with E-state index < -0.39 is 5.41 Å². The Hall–Kier alpha value is -7.75. The maximum atomic E-state index is 5.19. The minimum atomic E-state index is -0.453. The molecule has 4 heterocycles. The Bertz CT molecular complexity index is 3810. The number of hydrogen-bond donors (Lipinski definition) is 0. The van der Waals surface area contributed by atoms with Crippen molar-refractivity contribution in [3.63, 3.8) is 0 Å². The van der Waals surface area contributed by atoms with Crippen molar-refractivity contribution in [2.45, 2.75) is 5.41 Å². The van der Waals surface area contributed by atoms with E-state index in [1.807, 2.05) is 0 Å². The molecule has 2 aliphatic rings. The first-order chi connectivity index (χ1) is 29.3. The second-order valence-corrected chi connectivity index (χ2v) is 16.2. The van der Waals surface area contributed by atoms with Crippen LogP contribution in [-0.2, 0) is 5.41 Å². The number of para-hydroxylation sites is 6. The highest BCUT2D eigenvalue weighted by Gasteiger charge is 2.50. The molecule has 3 heteroatoms. The molecule has 1 atom stereocenters. The van der Waals surface area contributed by atoms with Crippen LogP contribution in [0.4, 0.5) is 0 Å². The molecule has 0 amide bonds. The predicted octanol–water partition coefficient (Wildman–Crippen LogP) is 13.9. The molecule has 272 valence electrons. The molecule has 0 radical (unpaired) electrons. The minimum Gasteiger partial charge on any atom is -0.309 e. The van der Waals surface area contributed by atoms with Gasteiger partial charge in [0, 0.05) is 21.5 Å². The molecule has 0 saturated heterocycles. The first kappa shape index (κ1) is 31.3. The molecule has 12 aromatic rings. The Kier molecular flexibility index (Phi) is 5.96. The van der Waals surface area contributed by atoms with E-state index >= 15 is 0 Å². The lowest BCUT2D eigenvalue weighted by Crippen LogP contribution is -2.33. The molecule has 0 saturated carbocycles. The van der Waals surface area contributed by atoms with Gasteiger partial charge in [-0.3, -0.25) is 4.40 Å². The number of benzene rings is 9. The van der Waals surface area contributed by atoms with E-state index in [0.717, 1.165) is 22.1 Å². The summed E-state index contributed by atoms with van der Waals surface area (Å²) >= 11 is 0. The van der Waals surface area contributed by atoms with Crippen LogP contribution in [0, 0.1) is 0 Å². The van der Waals surface area contributed by atoms with Crippen LogP contribution >= 0.6 is 0 Å². The molecular weight excluding hydrogens is 715 g/mol. The summed E-state index contributed by atoms with van der Waals surface area (Å²) in [6, 6.07) is 74.3. The molecule has 1 aliphatic heterocycles. The van der Waals surface area contributed by atoms with Crippen LogP contribution in [0.5, 0.6) is 0 Å². The fraction of sp³-hybridized carbons (Fsp3) is 0.0179. The first-order valence-corrected chi connectivity index (χ1v) is 20.5. The maximum absolute atomic E-state index is 5.19. The Balaban J connectivity index is 0.967. The van der Waals surface area contributed by atoms with Gasteiger partial charge in [0.2, 0.25) is 0 Å². The fourth-order valence-electron chi connectivity index (χ4n) is 11.1. The third-order valence-electron chi connectivity index (χ3n) is 13.5. The van der Waals surface area contributed by atoms with Crippen molar-refractivity contribution >= 4 is 60.2 Å². The lowest BCUT2D eigenvalue weighted by molar-refractivity contribution is 0.748. The number of hydrogen-bond acceptors (Lipinski definition) is 1. The van der Waals surface area contributed by atoms with Crippen LogP contribution in [0.25, 0.3) is 99.2 Å². The molecule has 14 rings (SSSR count). The highest BCUT2D eigenvalue weighted by atomic mass is 15.0. The van der Waals surface area contributed by atoms with Gasteiger partial charge >= 0.3 is 0 Å². The lowest BCUT2D eigenvalue weighted by Gasteiger charge is -2.39. The van der Waals surface area contributed by atoms with Gasteiger partial charge in [-0.05, 0) is 110 Å². The minimum absolute atomic E-state index is 0.453. The number of rotatable bonds is 2. The molecule has 0 N–H and O–H groups in total. The third kappa shape index (κ3) is 3.90. The van der Waals surface area contributed by atoms with E-state index in [4.69, 9.17) is 4.98 Å². The number of pyridine rings is 1. The summed E-state index contributed by atoms with van der Waals surface area (Å²) < 4.78 is 4.84. The van der Waals surface area contributed by atoms with E-state index in [0.29, 0.717) is 0 Å². The van der Waals surface area contributed by atoms with Crippen molar-refractivity contribution in [3.05, 3.63) is 222 Å². The Morgan fingerprint density at radius 1 is 0.356 bits per heavy atom. The second kappa shape index (κ2) is 11.2. The number of fused-ring (bicyclic) bond motifs is 20. The highest BCUT2D eigenvalue weighted by Crippen LogP contribution is 2.61. The van der Waals surface area contributed by atoms with Crippen molar-refractivity contribution in [1.82, 2.24) is 14.0 Å². The van der Waals surface area contributed by atoms with Crippen molar-refractivity contribution in [3.8, 4) is 39.1 Å². The zero-order valence-electron chi connectivity index (χ0n) is 31.9. The Labute approximate surface area is 339 Å². The quantitative estimate of drug-likeness (QED) is 0.161. The van der Waals surface area contributed by atoms with E-state index in [2.05, 4.69) is 209 Å². The van der Waals surface area contributed by atoms with Crippen LogP contribution in [0.3, 0.4) is 0 Å². The summed E-state index contributed by atoms with van der Waals surface area (Å²) in [6.07, 6.45) is 0. The third-order valence-corrected chi connectivity index (χ3v) is 13.5. The van der Waals surface area contributed by atoms with Crippen molar-refractivity contribution in [2.24, 2.45) is 0 Å². The van der Waals surface area contributed by atoms with Gasteiger partial charge in [-0.25, -0.2) is 4.98 Å². The van der Waals surface area contributed by atoms with E-state index in [-0.39, 0.29) is 0 Å². The average Bonchev–Trinajstić information content (AvgIpc) is 3.96. The summed E-state index contributed by atoms with van der Waals surface area (Å²) in [5.74, 6) is 0. The summed E-state index contributed by atoms with van der Waals surface area (Å²) in [6.45, 7) is 0. The highest BCUT2D eigenvalue weighted by molar-refractivity contribution is 6.15. The summed E-state index contributed by atoms with van der Waals surface area (Å²) in [5, 5.41) is 6.20. The van der Waals surface area contributed by atoms with Gasteiger partial charge in [0.25, 0.3) is 0 Å². The monoisotopic (exact) mass is 747 g/mol. The number of nitrogens with zero attached hydrogens (tertiary/aromatic N) is 3. The zero-order chi connectivity index (χ0) is 38.4. The molecule has 1 aliphatic carbocycles. The van der Waals surface area contributed by atoms with Gasteiger partial charge < -0.3 is 4.57 Å². The van der Waals surface area contributed by atoms with E-state index in [1.54, 1.807) is 0 Å². The lowest BCUT2D eigenvalue weighted by atomic mass is 9.65. The molecule has 59 heavy (non-hydrogen) atoms. The van der Waals surface area contributed by atoms with Gasteiger partial charge in [0.1, 0.15) is 5.65 Å². The van der Waals surface area contributed by atoms with Gasteiger partial charge in [0.05, 0.1) is 38.7 Å².